The lowest BCUT2D eigenvalue weighted by atomic mass is 10.3. The molecule has 2 aromatic heterocycles. The molecule has 1 aliphatic rings. The number of nitrogen functional groups attached to an aromatic ring is 1. The van der Waals surface area contributed by atoms with Crippen LogP contribution >= 0.6 is 0 Å². The third-order valence-electron chi connectivity index (χ3n) is 2.94. The number of hydrazine groups is 1. The molecule has 0 aliphatic carbocycles. The van der Waals surface area contributed by atoms with Crippen molar-refractivity contribution in [3.05, 3.63) is 6.20 Å². The van der Waals surface area contributed by atoms with Gasteiger partial charge in [0.25, 0.3) is 0 Å². The molecule has 0 atom stereocenters. The van der Waals surface area contributed by atoms with Crippen LogP contribution in [0.1, 0.15) is 6.42 Å². The molecule has 0 spiro atoms. The van der Waals surface area contributed by atoms with Gasteiger partial charge in [0.15, 0.2) is 5.65 Å². The summed E-state index contributed by atoms with van der Waals surface area (Å²) in [6.45, 7) is 3.20. The molecule has 0 saturated carbocycles. The molecular weight excluding hydrogens is 234 g/mol. The van der Waals surface area contributed by atoms with Crippen LogP contribution in [0.2, 0.25) is 0 Å². The summed E-state index contributed by atoms with van der Waals surface area (Å²) in [5, 5.41) is 7.74. The molecular formula is C10H15N7O. The average molecular weight is 249 g/mol. The van der Waals surface area contributed by atoms with Crippen molar-refractivity contribution in [3.8, 4) is 0 Å². The second kappa shape index (κ2) is 4.75. The Morgan fingerprint density at radius 1 is 1.33 bits per heavy atom. The van der Waals surface area contributed by atoms with Gasteiger partial charge in [-0.3, -0.25) is 10.5 Å². The van der Waals surface area contributed by atoms with E-state index in [-0.39, 0.29) is 0 Å². The fourth-order valence-electron chi connectivity index (χ4n) is 2.08. The average Bonchev–Trinajstić information content (AvgIpc) is 2.70. The van der Waals surface area contributed by atoms with Crippen LogP contribution in [0.15, 0.2) is 6.20 Å². The van der Waals surface area contributed by atoms with Crippen LogP contribution in [-0.2, 0) is 4.74 Å². The summed E-state index contributed by atoms with van der Waals surface area (Å²) in [6, 6.07) is 0. The van der Waals surface area contributed by atoms with Gasteiger partial charge in [0.1, 0.15) is 5.82 Å². The Balaban J connectivity index is 2.04. The summed E-state index contributed by atoms with van der Waals surface area (Å²) in [5.74, 6) is 6.61. The number of aromatic nitrogens is 4. The van der Waals surface area contributed by atoms with Crippen LogP contribution < -0.4 is 16.2 Å². The molecule has 0 radical (unpaired) electrons. The molecule has 1 saturated heterocycles. The second-order valence-electron chi connectivity index (χ2n) is 4.10. The number of nitrogens with zero attached hydrogens (tertiary/aromatic N) is 4. The number of hydrogen-bond acceptors (Lipinski definition) is 7. The quantitative estimate of drug-likeness (QED) is 0.502. The van der Waals surface area contributed by atoms with E-state index in [1.165, 1.54) is 0 Å². The minimum absolute atomic E-state index is 0.381. The lowest BCUT2D eigenvalue weighted by Gasteiger charge is -2.21. The van der Waals surface area contributed by atoms with Gasteiger partial charge in [-0.15, -0.1) is 0 Å². The highest BCUT2D eigenvalue weighted by atomic mass is 16.5. The highest BCUT2D eigenvalue weighted by molar-refractivity contribution is 5.87. The molecule has 0 amide bonds. The number of nitrogens with two attached hydrogens (primary N) is 1. The van der Waals surface area contributed by atoms with Crippen LogP contribution in [0, 0.1) is 0 Å². The molecule has 3 heterocycles. The predicted octanol–water partition coefficient (Wildman–Crippen LogP) is -0.135. The fraction of sp³-hybridized carbons (Fsp3) is 0.500. The molecule has 96 valence electrons. The van der Waals surface area contributed by atoms with E-state index in [9.17, 15) is 0 Å². The highest BCUT2D eigenvalue weighted by Gasteiger charge is 2.17. The normalized spacial score (nSPS) is 16.8. The number of nitrogens with one attached hydrogen (secondary N) is 2. The van der Waals surface area contributed by atoms with Gasteiger partial charge in [-0.05, 0) is 6.42 Å². The second-order valence-corrected chi connectivity index (χ2v) is 4.10. The van der Waals surface area contributed by atoms with E-state index >= 15 is 0 Å². The van der Waals surface area contributed by atoms with Crippen molar-refractivity contribution >= 4 is 22.8 Å². The summed E-state index contributed by atoms with van der Waals surface area (Å²) in [6.07, 6.45) is 2.71. The van der Waals surface area contributed by atoms with Crippen LogP contribution in [0.3, 0.4) is 0 Å². The maximum absolute atomic E-state index is 5.45. The summed E-state index contributed by atoms with van der Waals surface area (Å²) in [5.41, 5.74) is 3.15. The van der Waals surface area contributed by atoms with Crippen molar-refractivity contribution in [1.82, 2.24) is 20.2 Å². The first-order chi connectivity index (χ1) is 8.88. The molecule has 0 aromatic carbocycles. The smallest absolute Gasteiger partial charge is 0.241 e. The van der Waals surface area contributed by atoms with Gasteiger partial charge in [0, 0.05) is 19.7 Å². The first kappa shape index (κ1) is 11.2. The number of anilines is 2. The zero-order valence-corrected chi connectivity index (χ0v) is 9.89. The molecule has 1 aliphatic heterocycles. The Hall–Kier alpha value is -1.93. The van der Waals surface area contributed by atoms with Crippen LogP contribution in [0.25, 0.3) is 11.0 Å². The van der Waals surface area contributed by atoms with Crippen LogP contribution in [0.4, 0.5) is 11.8 Å². The predicted molar refractivity (Wildman–Crippen MR) is 67.1 cm³/mol. The van der Waals surface area contributed by atoms with E-state index in [0.29, 0.717) is 18.2 Å². The third-order valence-corrected chi connectivity index (χ3v) is 2.94. The number of H-pyrrole nitrogens is 1. The third kappa shape index (κ3) is 1.95. The van der Waals surface area contributed by atoms with Crippen molar-refractivity contribution in [2.24, 2.45) is 5.84 Å². The lowest BCUT2D eigenvalue weighted by molar-refractivity contribution is 0.152. The van der Waals surface area contributed by atoms with Gasteiger partial charge in [-0.25, -0.2) is 5.84 Å². The molecule has 4 N–H and O–H groups in total. The van der Waals surface area contributed by atoms with Crippen LogP contribution in [0.5, 0.6) is 0 Å². The number of fused-ring (bicyclic) bond motifs is 1. The van der Waals surface area contributed by atoms with Crippen molar-refractivity contribution in [1.29, 1.82) is 0 Å². The molecule has 2 aromatic rings. The van der Waals surface area contributed by atoms with E-state index in [4.69, 9.17) is 10.6 Å². The molecule has 18 heavy (non-hydrogen) atoms. The summed E-state index contributed by atoms with van der Waals surface area (Å²) in [7, 11) is 0. The van der Waals surface area contributed by atoms with Crippen molar-refractivity contribution < 1.29 is 4.74 Å². The molecule has 8 nitrogen and oxygen atoms in total. The largest absolute Gasteiger partial charge is 0.380 e. The molecule has 8 heteroatoms. The zero-order chi connectivity index (χ0) is 12.4. The number of hydrogen-bond donors (Lipinski definition) is 3. The van der Waals surface area contributed by atoms with Gasteiger partial charge < -0.3 is 9.64 Å². The standard InChI is InChI=1S/C10H15N7O/c11-15-10-13-8-7(6-12-16-8)9(14-10)17-2-1-4-18-5-3-17/h6H,1-5,11H2,(H2,12,13,14,15,16). The summed E-state index contributed by atoms with van der Waals surface area (Å²) in [4.78, 5) is 10.8. The molecule has 0 bridgehead atoms. The van der Waals surface area contributed by atoms with E-state index < -0.39 is 0 Å². The summed E-state index contributed by atoms with van der Waals surface area (Å²) < 4.78 is 5.45. The van der Waals surface area contributed by atoms with Gasteiger partial charge in [-0.1, -0.05) is 0 Å². The Bertz CT molecular complexity index is 532. The SMILES string of the molecule is NNc1nc(N2CCCOCC2)c2cn[nH]c2n1. The van der Waals surface area contributed by atoms with Crippen molar-refractivity contribution in [2.45, 2.75) is 6.42 Å². The zero-order valence-electron chi connectivity index (χ0n) is 9.89. The maximum Gasteiger partial charge on any atom is 0.241 e. The first-order valence-corrected chi connectivity index (χ1v) is 5.89. The number of aromatic amines is 1. The van der Waals surface area contributed by atoms with Gasteiger partial charge in [0.05, 0.1) is 18.2 Å². The van der Waals surface area contributed by atoms with E-state index in [1.807, 2.05) is 0 Å². The molecule has 3 rings (SSSR count). The van der Waals surface area contributed by atoms with Crippen molar-refractivity contribution in [2.75, 3.05) is 36.6 Å². The topological polar surface area (TPSA) is 105 Å². The van der Waals surface area contributed by atoms with E-state index in [2.05, 4.69) is 30.5 Å². The maximum atomic E-state index is 5.45. The fourth-order valence-corrected chi connectivity index (χ4v) is 2.08. The van der Waals surface area contributed by atoms with Crippen molar-refractivity contribution in [3.63, 3.8) is 0 Å². The van der Waals surface area contributed by atoms with Gasteiger partial charge in [0.2, 0.25) is 5.95 Å². The Morgan fingerprint density at radius 2 is 2.28 bits per heavy atom. The Labute approximate surface area is 104 Å². The molecule has 0 unspecified atom stereocenters. The number of rotatable bonds is 2. The minimum atomic E-state index is 0.381. The van der Waals surface area contributed by atoms with Gasteiger partial charge >= 0.3 is 0 Å². The Morgan fingerprint density at radius 3 is 3.17 bits per heavy atom. The van der Waals surface area contributed by atoms with Crippen LogP contribution in [-0.4, -0.2) is 46.5 Å². The van der Waals surface area contributed by atoms with Gasteiger partial charge in [-0.2, -0.15) is 15.1 Å². The monoisotopic (exact) mass is 249 g/mol. The lowest BCUT2D eigenvalue weighted by Crippen LogP contribution is -2.27. The number of ether oxygens (including phenoxy) is 1. The highest BCUT2D eigenvalue weighted by Crippen LogP contribution is 2.24. The van der Waals surface area contributed by atoms with E-state index in [1.54, 1.807) is 6.20 Å². The Kier molecular flexibility index (Phi) is 2.95. The molecule has 1 fully saturated rings. The van der Waals surface area contributed by atoms with E-state index in [0.717, 1.165) is 37.3 Å². The summed E-state index contributed by atoms with van der Waals surface area (Å²) >= 11 is 0. The minimum Gasteiger partial charge on any atom is -0.380 e. The first-order valence-electron chi connectivity index (χ1n) is 5.89.